The van der Waals surface area contributed by atoms with E-state index >= 15 is 0 Å². The summed E-state index contributed by atoms with van der Waals surface area (Å²) in [5.41, 5.74) is 2.42. The van der Waals surface area contributed by atoms with Gasteiger partial charge in [-0.1, -0.05) is 38.1 Å². The number of benzene rings is 1. The van der Waals surface area contributed by atoms with Crippen molar-refractivity contribution in [1.29, 1.82) is 0 Å². The second-order valence-electron chi connectivity index (χ2n) is 4.48. The number of aromatic nitrogens is 2. The minimum atomic E-state index is -0.0269. The van der Waals surface area contributed by atoms with E-state index in [1.165, 1.54) is 5.56 Å². The van der Waals surface area contributed by atoms with Crippen molar-refractivity contribution in [3.05, 3.63) is 53.3 Å². The van der Waals surface area contributed by atoms with Crippen LogP contribution in [0.4, 0.5) is 0 Å². The zero-order chi connectivity index (χ0) is 12.4. The summed E-state index contributed by atoms with van der Waals surface area (Å²) in [7, 11) is 1.80. The molecule has 0 amide bonds. The Kier molecular flexibility index (Phi) is 3.09. The third-order valence-electron chi connectivity index (χ3n) is 2.79. The van der Waals surface area contributed by atoms with E-state index < -0.39 is 0 Å². The van der Waals surface area contributed by atoms with Gasteiger partial charge >= 0.3 is 0 Å². The Hall–Kier alpha value is -1.90. The molecule has 0 unspecified atom stereocenters. The summed E-state index contributed by atoms with van der Waals surface area (Å²) in [5.74, 6) is 0.454. The molecule has 0 saturated carbocycles. The topological polar surface area (TPSA) is 34.9 Å². The number of hydrogen-bond donors (Lipinski definition) is 0. The van der Waals surface area contributed by atoms with Gasteiger partial charge in [0.05, 0.1) is 0 Å². The molecule has 1 aromatic heterocycles. The van der Waals surface area contributed by atoms with E-state index in [-0.39, 0.29) is 5.78 Å². The van der Waals surface area contributed by atoms with Crippen LogP contribution >= 0.6 is 0 Å². The van der Waals surface area contributed by atoms with E-state index in [9.17, 15) is 4.79 Å². The Morgan fingerprint density at radius 2 is 1.82 bits per heavy atom. The number of aryl methyl sites for hydroxylation is 1. The molecule has 0 aliphatic heterocycles. The van der Waals surface area contributed by atoms with Gasteiger partial charge in [0.15, 0.2) is 0 Å². The molecule has 0 spiro atoms. The first-order valence-electron chi connectivity index (χ1n) is 5.72. The lowest BCUT2D eigenvalue weighted by molar-refractivity contribution is 0.103. The summed E-state index contributed by atoms with van der Waals surface area (Å²) < 4.78 is 1.63. The number of carbonyl (C=O) groups is 1. The van der Waals surface area contributed by atoms with Crippen LogP contribution in [0, 0.1) is 0 Å². The monoisotopic (exact) mass is 228 g/mol. The van der Waals surface area contributed by atoms with Crippen LogP contribution in [0.25, 0.3) is 0 Å². The van der Waals surface area contributed by atoms with Crippen molar-refractivity contribution in [1.82, 2.24) is 9.78 Å². The van der Waals surface area contributed by atoms with Gasteiger partial charge in [0.2, 0.25) is 5.78 Å². The average Bonchev–Trinajstić information content (AvgIpc) is 2.75. The van der Waals surface area contributed by atoms with E-state index in [0.717, 1.165) is 0 Å². The highest BCUT2D eigenvalue weighted by molar-refractivity contribution is 6.07. The Morgan fingerprint density at radius 3 is 2.29 bits per heavy atom. The van der Waals surface area contributed by atoms with Crippen LogP contribution in [-0.2, 0) is 7.05 Å². The second kappa shape index (κ2) is 4.53. The highest BCUT2D eigenvalue weighted by atomic mass is 16.1. The van der Waals surface area contributed by atoms with Crippen LogP contribution in [0.5, 0.6) is 0 Å². The van der Waals surface area contributed by atoms with Gasteiger partial charge in [0.25, 0.3) is 0 Å². The van der Waals surface area contributed by atoms with Crippen molar-refractivity contribution in [2.24, 2.45) is 7.05 Å². The van der Waals surface area contributed by atoms with Gasteiger partial charge in [-0.15, -0.1) is 0 Å². The van der Waals surface area contributed by atoms with E-state index in [2.05, 4.69) is 18.9 Å². The first-order valence-corrected chi connectivity index (χ1v) is 5.72. The molecule has 17 heavy (non-hydrogen) atoms. The summed E-state index contributed by atoms with van der Waals surface area (Å²) in [4.78, 5) is 12.1. The molecule has 2 rings (SSSR count). The fourth-order valence-electron chi connectivity index (χ4n) is 1.70. The minimum Gasteiger partial charge on any atom is -0.287 e. The second-order valence-corrected chi connectivity index (χ2v) is 4.48. The first-order chi connectivity index (χ1) is 8.08. The average molecular weight is 228 g/mol. The van der Waals surface area contributed by atoms with Crippen molar-refractivity contribution in [3.63, 3.8) is 0 Å². The molecule has 0 N–H and O–H groups in total. The molecule has 3 nitrogen and oxygen atoms in total. The zero-order valence-electron chi connectivity index (χ0n) is 10.3. The number of nitrogens with zero attached hydrogens (tertiary/aromatic N) is 2. The molecule has 1 aromatic carbocycles. The Labute approximate surface area is 101 Å². The summed E-state index contributed by atoms with van der Waals surface area (Å²) in [6.07, 6.45) is 1.77. The lowest BCUT2D eigenvalue weighted by Gasteiger charge is -2.05. The third-order valence-corrected chi connectivity index (χ3v) is 2.79. The van der Waals surface area contributed by atoms with Gasteiger partial charge < -0.3 is 0 Å². The van der Waals surface area contributed by atoms with E-state index in [4.69, 9.17) is 0 Å². The van der Waals surface area contributed by atoms with Crippen molar-refractivity contribution < 1.29 is 4.79 Å². The molecular weight excluding hydrogens is 212 g/mol. The molecular formula is C14H16N2O. The van der Waals surface area contributed by atoms with Crippen LogP contribution in [0.1, 0.15) is 41.4 Å². The fourth-order valence-corrected chi connectivity index (χ4v) is 1.70. The van der Waals surface area contributed by atoms with Crippen LogP contribution in [0.3, 0.4) is 0 Å². The van der Waals surface area contributed by atoms with Crippen LogP contribution in [0.2, 0.25) is 0 Å². The minimum absolute atomic E-state index is 0.0269. The lowest BCUT2D eigenvalue weighted by Crippen LogP contribution is -2.03. The quantitative estimate of drug-likeness (QED) is 0.757. The molecule has 0 aliphatic rings. The van der Waals surface area contributed by atoms with Crippen molar-refractivity contribution in [3.8, 4) is 0 Å². The van der Waals surface area contributed by atoms with Crippen LogP contribution < -0.4 is 0 Å². The SMILES string of the molecule is CC(C)c1ccc(C(=O)c2ccn(C)n2)cc1. The molecule has 88 valence electrons. The van der Waals surface area contributed by atoms with Crippen LogP contribution in [-0.4, -0.2) is 15.6 Å². The first kappa shape index (κ1) is 11.6. The molecule has 3 heteroatoms. The van der Waals surface area contributed by atoms with Gasteiger partial charge in [-0.25, -0.2) is 0 Å². The lowest BCUT2D eigenvalue weighted by atomic mass is 10.00. The van der Waals surface area contributed by atoms with Gasteiger partial charge in [-0.2, -0.15) is 5.10 Å². The molecule has 0 radical (unpaired) electrons. The maximum absolute atomic E-state index is 12.1. The maximum atomic E-state index is 12.1. The molecule has 2 aromatic rings. The smallest absolute Gasteiger partial charge is 0.213 e. The highest BCUT2D eigenvalue weighted by Crippen LogP contribution is 2.16. The van der Waals surface area contributed by atoms with E-state index in [1.54, 1.807) is 24.0 Å². The fraction of sp³-hybridized carbons (Fsp3) is 0.286. The molecule has 0 atom stereocenters. The van der Waals surface area contributed by atoms with E-state index in [1.807, 2.05) is 24.3 Å². The largest absolute Gasteiger partial charge is 0.287 e. The highest BCUT2D eigenvalue weighted by Gasteiger charge is 2.11. The summed E-state index contributed by atoms with van der Waals surface area (Å²) >= 11 is 0. The summed E-state index contributed by atoms with van der Waals surface area (Å²) in [6.45, 7) is 4.27. The van der Waals surface area contributed by atoms with Gasteiger partial charge in [-0.05, 0) is 17.5 Å². The van der Waals surface area contributed by atoms with Crippen molar-refractivity contribution in [2.45, 2.75) is 19.8 Å². The van der Waals surface area contributed by atoms with E-state index in [0.29, 0.717) is 17.2 Å². The predicted octanol–water partition coefficient (Wildman–Crippen LogP) is 2.77. The number of rotatable bonds is 3. The summed E-state index contributed by atoms with van der Waals surface area (Å²) in [6, 6.07) is 9.47. The molecule has 0 bridgehead atoms. The standard InChI is InChI=1S/C14H16N2O/c1-10(2)11-4-6-12(7-5-11)14(17)13-8-9-16(3)15-13/h4-10H,1-3H3. The predicted molar refractivity (Wildman–Crippen MR) is 67.2 cm³/mol. The zero-order valence-corrected chi connectivity index (χ0v) is 10.3. The molecule has 0 saturated heterocycles. The van der Waals surface area contributed by atoms with Crippen molar-refractivity contribution >= 4 is 5.78 Å². The Morgan fingerprint density at radius 1 is 1.18 bits per heavy atom. The number of carbonyl (C=O) groups excluding carboxylic acids is 1. The number of hydrogen-bond acceptors (Lipinski definition) is 2. The van der Waals surface area contributed by atoms with Crippen LogP contribution in [0.15, 0.2) is 36.5 Å². The molecule has 0 fully saturated rings. The van der Waals surface area contributed by atoms with Gasteiger partial charge in [-0.3, -0.25) is 9.48 Å². The molecule has 1 heterocycles. The summed E-state index contributed by atoms with van der Waals surface area (Å²) in [5, 5.41) is 4.11. The molecule has 0 aliphatic carbocycles. The number of ketones is 1. The van der Waals surface area contributed by atoms with Gasteiger partial charge in [0, 0.05) is 18.8 Å². The maximum Gasteiger partial charge on any atom is 0.213 e. The van der Waals surface area contributed by atoms with Crippen molar-refractivity contribution in [2.75, 3.05) is 0 Å². The van der Waals surface area contributed by atoms with Gasteiger partial charge in [0.1, 0.15) is 5.69 Å². The normalized spacial score (nSPS) is 10.8. The Balaban J connectivity index is 2.26. The third kappa shape index (κ3) is 2.44. The Bertz CT molecular complexity index is 523.